The molecule has 0 bridgehead atoms. The lowest BCUT2D eigenvalue weighted by Crippen LogP contribution is -2.53. The molecule has 2 saturated carbocycles. The molecule has 2 heterocycles. The summed E-state index contributed by atoms with van der Waals surface area (Å²) >= 11 is 12.8. The maximum atomic E-state index is 13.4. The van der Waals surface area contributed by atoms with E-state index in [-0.39, 0.29) is 28.8 Å². The van der Waals surface area contributed by atoms with Gasteiger partial charge in [-0.3, -0.25) is 9.69 Å². The maximum absolute atomic E-state index is 13.4. The Morgan fingerprint density at radius 1 is 0.925 bits per heavy atom. The first-order valence-corrected chi connectivity index (χ1v) is 20.0. The van der Waals surface area contributed by atoms with Crippen molar-refractivity contribution in [2.75, 3.05) is 27.2 Å². The van der Waals surface area contributed by atoms with Crippen LogP contribution in [0.5, 0.6) is 0 Å². The van der Waals surface area contributed by atoms with Crippen LogP contribution in [0.4, 0.5) is 4.39 Å². The van der Waals surface area contributed by atoms with Gasteiger partial charge in [-0.05, 0) is 140 Å². The molecule has 0 spiro atoms. The fourth-order valence-electron chi connectivity index (χ4n) is 8.88. The van der Waals surface area contributed by atoms with Crippen molar-refractivity contribution in [3.8, 4) is 11.3 Å². The molecule has 1 aromatic heterocycles. The third-order valence-electron chi connectivity index (χ3n) is 12.0. The molecule has 53 heavy (non-hydrogen) atoms. The summed E-state index contributed by atoms with van der Waals surface area (Å²) in [4.78, 5) is 18.4. The van der Waals surface area contributed by atoms with Crippen LogP contribution in [0, 0.1) is 12.7 Å². The number of nitrogens with one attached hydrogen (secondary N) is 1. The summed E-state index contributed by atoms with van der Waals surface area (Å²) in [6.45, 7) is 4.04. The van der Waals surface area contributed by atoms with Crippen molar-refractivity contribution < 1.29 is 13.7 Å². The van der Waals surface area contributed by atoms with Crippen molar-refractivity contribution in [1.82, 2.24) is 20.3 Å². The molecule has 3 fully saturated rings. The number of aromatic nitrogens is 1. The zero-order valence-corrected chi connectivity index (χ0v) is 32.9. The van der Waals surface area contributed by atoms with Gasteiger partial charge in [-0.15, -0.1) is 0 Å². The van der Waals surface area contributed by atoms with E-state index in [1.165, 1.54) is 30.9 Å². The molecule has 0 atom stereocenters. The van der Waals surface area contributed by atoms with Crippen LogP contribution in [0.2, 0.25) is 10.0 Å². The Morgan fingerprint density at radius 2 is 1.57 bits per heavy atom. The normalized spacial score (nSPS) is 25.1. The maximum Gasteiger partial charge on any atom is 0.257 e. The molecule has 2 aliphatic carbocycles. The number of benzene rings is 3. The minimum Gasteiger partial charge on any atom is -0.360 e. The topological polar surface area (TPSA) is 87.6 Å². The lowest BCUT2D eigenvalue weighted by Gasteiger charge is -2.50. The van der Waals surface area contributed by atoms with Crippen molar-refractivity contribution in [1.29, 1.82) is 0 Å². The van der Waals surface area contributed by atoms with Crippen LogP contribution in [0.3, 0.4) is 0 Å². The quantitative estimate of drug-likeness (QED) is 0.186. The first-order valence-electron chi connectivity index (χ1n) is 19.2. The fourth-order valence-corrected chi connectivity index (χ4v) is 9.45. The highest BCUT2D eigenvalue weighted by Crippen LogP contribution is 2.44. The molecule has 10 heteroatoms. The number of likely N-dealkylation sites (tertiary alicyclic amines) is 1. The zero-order chi connectivity index (χ0) is 37.6. The number of nitrogens with two attached hydrogens (primary N) is 1. The van der Waals surface area contributed by atoms with E-state index in [1.54, 1.807) is 37.3 Å². The number of hydrogen-bond donors (Lipinski definition) is 2. The van der Waals surface area contributed by atoms with Gasteiger partial charge in [0.25, 0.3) is 5.91 Å². The number of halogens is 3. The van der Waals surface area contributed by atoms with Crippen molar-refractivity contribution >= 4 is 29.1 Å². The number of likely N-dealkylation sites (N-methyl/N-ethyl adjacent to an activating group) is 1. The highest BCUT2D eigenvalue weighted by atomic mass is 35.5. The number of carbonyl (C=O) groups excluding carboxylic acids is 1. The summed E-state index contributed by atoms with van der Waals surface area (Å²) in [5.74, 6) is 0.120. The van der Waals surface area contributed by atoms with Gasteiger partial charge < -0.3 is 20.5 Å². The number of amides is 1. The van der Waals surface area contributed by atoms with Gasteiger partial charge in [0.15, 0.2) is 0 Å². The Morgan fingerprint density at radius 3 is 2.19 bits per heavy atom. The van der Waals surface area contributed by atoms with Gasteiger partial charge in [-0.1, -0.05) is 83.3 Å². The summed E-state index contributed by atoms with van der Waals surface area (Å²) in [6, 6.07) is 23.6. The largest absolute Gasteiger partial charge is 0.360 e. The summed E-state index contributed by atoms with van der Waals surface area (Å²) < 4.78 is 18.7. The lowest BCUT2D eigenvalue weighted by atomic mass is 9.73. The van der Waals surface area contributed by atoms with E-state index in [9.17, 15) is 9.18 Å². The number of piperidine rings is 1. The average Bonchev–Trinajstić information content (AvgIpc) is 3.54. The van der Waals surface area contributed by atoms with Crippen LogP contribution in [-0.4, -0.2) is 65.7 Å². The second kappa shape index (κ2) is 17.5. The second-order valence-corrected chi connectivity index (χ2v) is 16.3. The molecule has 0 unspecified atom stereocenters. The molecular weight excluding hydrogens is 708 g/mol. The van der Waals surface area contributed by atoms with Crippen molar-refractivity contribution in [2.45, 2.75) is 107 Å². The Kier molecular flexibility index (Phi) is 13.0. The van der Waals surface area contributed by atoms with E-state index in [4.69, 9.17) is 33.5 Å². The molecule has 1 amide bonds. The monoisotopic (exact) mass is 761 g/mol. The molecule has 7 nitrogen and oxygen atoms in total. The molecule has 0 radical (unpaired) electrons. The molecule has 1 saturated heterocycles. The van der Waals surface area contributed by atoms with Crippen molar-refractivity contribution in [2.24, 2.45) is 5.73 Å². The Bertz CT molecular complexity index is 1790. The lowest BCUT2D eigenvalue weighted by molar-refractivity contribution is 0.0227. The molecular formula is C43H54Cl2FN5O2. The van der Waals surface area contributed by atoms with E-state index >= 15 is 0 Å². The summed E-state index contributed by atoms with van der Waals surface area (Å²) in [5, 5.41) is 8.27. The minimum atomic E-state index is -0.190. The van der Waals surface area contributed by atoms with E-state index in [2.05, 4.69) is 64.7 Å². The SMILES string of the molecule is CN(C)C1(Cc2cccc(F)c2)CCC(N)CC1.Cc1onc(-c2c(Cl)cccc2Cl)c1C(=O)NC1CCC(c2ccccc2)(N2CCCCC2)CC1. The number of aryl methyl sites for hydroxylation is 1. The van der Waals surface area contributed by atoms with Gasteiger partial charge in [0, 0.05) is 28.7 Å². The Hall–Kier alpha value is -3.27. The van der Waals surface area contributed by atoms with Gasteiger partial charge in [0.1, 0.15) is 22.8 Å². The first-order chi connectivity index (χ1) is 25.5. The summed E-state index contributed by atoms with van der Waals surface area (Å²) in [5.41, 5.74) is 9.98. The fraction of sp³-hybridized carbons (Fsp3) is 0.488. The summed E-state index contributed by atoms with van der Waals surface area (Å²) in [7, 11) is 4.24. The number of carbonyl (C=O) groups is 1. The van der Waals surface area contributed by atoms with Gasteiger partial charge in [0.05, 0.1) is 10.0 Å². The van der Waals surface area contributed by atoms with Crippen LogP contribution < -0.4 is 11.1 Å². The number of hydrogen-bond acceptors (Lipinski definition) is 6. The van der Waals surface area contributed by atoms with E-state index in [1.807, 2.05) is 6.07 Å². The van der Waals surface area contributed by atoms with Crippen LogP contribution in [0.15, 0.2) is 77.3 Å². The number of rotatable bonds is 8. The smallest absolute Gasteiger partial charge is 0.257 e. The van der Waals surface area contributed by atoms with Crippen LogP contribution in [0.25, 0.3) is 11.3 Å². The van der Waals surface area contributed by atoms with Crippen molar-refractivity contribution in [3.63, 3.8) is 0 Å². The molecule has 3 aliphatic rings. The average molecular weight is 763 g/mol. The molecule has 284 valence electrons. The van der Waals surface area contributed by atoms with E-state index < -0.39 is 0 Å². The standard InChI is InChI=1S/C28H31Cl2N3O2.C15H23FN2/c1-19-24(26(32-35-19)25-22(29)11-8-12-23(25)30)27(34)31-21-13-15-28(16-14-21,20-9-4-2-5-10-20)33-17-6-3-7-18-33;1-18(2)15(8-6-14(17)7-9-15)11-12-4-3-5-13(16)10-12/h2,4-5,8-12,21H,3,6-7,13-18H2,1H3,(H,31,34);3-5,10,14H,6-9,11,17H2,1-2H3. The minimum absolute atomic E-state index is 0.0479. The molecule has 3 aromatic carbocycles. The van der Waals surface area contributed by atoms with Gasteiger partial charge in [0.2, 0.25) is 0 Å². The molecule has 4 aromatic rings. The van der Waals surface area contributed by atoms with Gasteiger partial charge >= 0.3 is 0 Å². The first kappa shape index (κ1) is 39.4. The third-order valence-corrected chi connectivity index (χ3v) is 12.7. The molecule has 1 aliphatic heterocycles. The Balaban J connectivity index is 0.000000225. The van der Waals surface area contributed by atoms with Gasteiger partial charge in [-0.25, -0.2) is 4.39 Å². The van der Waals surface area contributed by atoms with E-state index in [0.29, 0.717) is 38.7 Å². The van der Waals surface area contributed by atoms with Crippen LogP contribution in [-0.2, 0) is 12.0 Å². The Labute approximate surface area is 324 Å². The highest BCUT2D eigenvalue weighted by molar-refractivity contribution is 6.39. The van der Waals surface area contributed by atoms with Crippen molar-refractivity contribution in [3.05, 3.63) is 111 Å². The predicted molar refractivity (Wildman–Crippen MR) is 213 cm³/mol. The van der Waals surface area contributed by atoms with E-state index in [0.717, 1.165) is 76.4 Å². The predicted octanol–water partition coefficient (Wildman–Crippen LogP) is 9.58. The summed E-state index contributed by atoms with van der Waals surface area (Å²) in [6.07, 6.45) is 12.9. The second-order valence-electron chi connectivity index (χ2n) is 15.5. The molecule has 7 rings (SSSR count). The van der Waals surface area contributed by atoms with Crippen LogP contribution >= 0.6 is 23.2 Å². The van der Waals surface area contributed by atoms with Crippen LogP contribution in [0.1, 0.15) is 97.9 Å². The van der Waals surface area contributed by atoms with Gasteiger partial charge in [-0.2, -0.15) is 0 Å². The number of nitrogens with zero attached hydrogens (tertiary/aromatic N) is 3. The third kappa shape index (κ3) is 9.00. The molecule has 3 N–H and O–H groups in total. The zero-order valence-electron chi connectivity index (χ0n) is 31.4. The highest BCUT2D eigenvalue weighted by Gasteiger charge is 2.42.